The maximum absolute atomic E-state index is 7.96. The van der Waals surface area contributed by atoms with Gasteiger partial charge >= 0.3 is 0 Å². The minimum absolute atomic E-state index is 0.508. The van der Waals surface area contributed by atoms with Crippen LogP contribution in [0.5, 0.6) is 0 Å². The maximum Gasteiger partial charge on any atom is 0.105 e. The van der Waals surface area contributed by atoms with Crippen LogP contribution >= 0.6 is 0 Å². The summed E-state index contributed by atoms with van der Waals surface area (Å²) in [6, 6.07) is 1.98. The number of aromatic nitrogens is 2. The van der Waals surface area contributed by atoms with Gasteiger partial charge in [-0.25, -0.2) is 4.98 Å². The molecule has 1 aromatic rings. The molecule has 0 aliphatic heterocycles. The molecule has 1 rings (SSSR count). The van der Waals surface area contributed by atoms with Gasteiger partial charge in [0.1, 0.15) is 5.82 Å². The molecule has 4 heteroatoms. The molecule has 1 heterocycles. The van der Waals surface area contributed by atoms with Gasteiger partial charge in [-0.05, 0) is 27.2 Å². The van der Waals surface area contributed by atoms with E-state index in [2.05, 4.69) is 23.4 Å². The van der Waals surface area contributed by atoms with Crippen LogP contribution in [0.25, 0.3) is 0 Å². The van der Waals surface area contributed by atoms with Crippen molar-refractivity contribution >= 4 is 0 Å². The summed E-state index contributed by atoms with van der Waals surface area (Å²) in [7, 11) is 0. The lowest BCUT2D eigenvalue weighted by molar-refractivity contribution is 0.153. The van der Waals surface area contributed by atoms with Crippen molar-refractivity contribution in [3.63, 3.8) is 0 Å². The molecule has 0 saturated heterocycles. The summed E-state index contributed by atoms with van der Waals surface area (Å²) in [6.45, 7) is 10.6. The molecule has 0 amide bonds. The minimum Gasteiger partial charge on any atom is -0.381 e. The largest absolute Gasteiger partial charge is 0.381 e. The van der Waals surface area contributed by atoms with E-state index >= 15 is 0 Å². The molecule has 0 N–H and O–H groups in total. The van der Waals surface area contributed by atoms with Gasteiger partial charge in [0.2, 0.25) is 0 Å². The van der Waals surface area contributed by atoms with Crippen LogP contribution in [-0.4, -0.2) is 22.8 Å². The third kappa shape index (κ3) is 6.75. The highest BCUT2D eigenvalue weighted by atomic mass is 16.5. The van der Waals surface area contributed by atoms with Gasteiger partial charge in [-0.3, -0.25) is 0 Å². The molecule has 17 heavy (non-hydrogen) atoms. The summed E-state index contributed by atoms with van der Waals surface area (Å²) in [5, 5.41) is 7.96. The average Bonchev–Trinajstić information content (AvgIpc) is 2.63. The van der Waals surface area contributed by atoms with Gasteiger partial charge in [0.05, 0.1) is 19.1 Å². The van der Waals surface area contributed by atoms with Crippen LogP contribution in [-0.2, 0) is 11.3 Å². The van der Waals surface area contributed by atoms with Gasteiger partial charge in [-0.15, -0.1) is 0 Å². The molecule has 0 fully saturated rings. The van der Waals surface area contributed by atoms with Crippen LogP contribution in [0.3, 0.4) is 0 Å². The number of ether oxygens (including phenoxy) is 1. The molecule has 1 aromatic heterocycles. The predicted octanol–water partition coefficient (Wildman–Crippen LogP) is 2.85. The van der Waals surface area contributed by atoms with Crippen molar-refractivity contribution in [1.29, 1.82) is 5.26 Å². The molecule has 0 unspecified atom stereocenters. The molecule has 0 saturated carbocycles. The molecule has 0 atom stereocenters. The van der Waals surface area contributed by atoms with Crippen molar-refractivity contribution in [2.45, 2.75) is 47.1 Å². The highest BCUT2D eigenvalue weighted by molar-refractivity contribution is 5.01. The summed E-state index contributed by atoms with van der Waals surface area (Å²) in [5.41, 5.74) is 1.26. The van der Waals surface area contributed by atoms with Gasteiger partial charge in [0.25, 0.3) is 0 Å². The van der Waals surface area contributed by atoms with E-state index in [9.17, 15) is 0 Å². The van der Waals surface area contributed by atoms with E-state index in [4.69, 9.17) is 10.00 Å². The van der Waals surface area contributed by atoms with E-state index in [1.165, 1.54) is 12.1 Å². The fraction of sp³-hybridized carbons (Fsp3) is 0.692. The van der Waals surface area contributed by atoms with Crippen LogP contribution < -0.4 is 0 Å². The van der Waals surface area contributed by atoms with Crippen molar-refractivity contribution in [3.05, 3.63) is 17.7 Å². The Balaban J connectivity index is 0.000000325. The van der Waals surface area contributed by atoms with Crippen LogP contribution in [0, 0.1) is 25.2 Å². The molecule has 0 aliphatic rings. The molecule has 0 bridgehead atoms. The summed E-state index contributed by atoms with van der Waals surface area (Å²) in [5.74, 6) is 1.12. The zero-order valence-electron chi connectivity index (χ0n) is 11.4. The maximum atomic E-state index is 7.96. The van der Waals surface area contributed by atoms with E-state index in [1.807, 2.05) is 26.1 Å². The van der Waals surface area contributed by atoms with Gasteiger partial charge in [0, 0.05) is 25.0 Å². The lowest BCUT2D eigenvalue weighted by Gasteiger charge is -2.03. The Labute approximate surface area is 104 Å². The number of aryl methyl sites for hydroxylation is 2. The van der Waals surface area contributed by atoms with E-state index < -0.39 is 0 Å². The smallest absolute Gasteiger partial charge is 0.105 e. The first-order chi connectivity index (χ1) is 8.17. The summed E-state index contributed by atoms with van der Waals surface area (Å²) in [6.07, 6.45) is 3.61. The molecular formula is C13H23N3O. The Kier molecular flexibility index (Phi) is 9.08. The van der Waals surface area contributed by atoms with Crippen molar-refractivity contribution in [3.8, 4) is 6.07 Å². The molecule has 0 spiro atoms. The van der Waals surface area contributed by atoms with E-state index in [0.29, 0.717) is 19.6 Å². The molecular weight excluding hydrogens is 214 g/mol. The number of nitrogens with zero attached hydrogens (tertiary/aromatic N) is 3. The summed E-state index contributed by atoms with van der Waals surface area (Å²) >= 11 is 0. The van der Waals surface area contributed by atoms with Gasteiger partial charge in [0.15, 0.2) is 0 Å². The number of hydrogen-bond acceptors (Lipinski definition) is 3. The Morgan fingerprint density at radius 3 is 2.53 bits per heavy atom. The number of imidazole rings is 1. The minimum atomic E-state index is 0.508. The van der Waals surface area contributed by atoms with Gasteiger partial charge in [-0.2, -0.15) is 5.26 Å². The van der Waals surface area contributed by atoms with Crippen molar-refractivity contribution in [2.75, 3.05) is 13.2 Å². The monoisotopic (exact) mass is 237 g/mol. The standard InChI is InChI=1S/C8H14N2.C5H9NO/c1-4-5-10-7(2)6-9-8(10)3;1-2-7-5-3-4-6/h6H,4-5H2,1-3H3;2-3,5H2,1H3. The lowest BCUT2D eigenvalue weighted by Crippen LogP contribution is -2.00. The van der Waals surface area contributed by atoms with E-state index in [-0.39, 0.29) is 0 Å². The second-order valence-electron chi connectivity index (χ2n) is 3.70. The highest BCUT2D eigenvalue weighted by Gasteiger charge is 1.98. The zero-order valence-corrected chi connectivity index (χ0v) is 11.4. The van der Waals surface area contributed by atoms with E-state index in [1.54, 1.807) is 0 Å². The molecule has 0 aromatic carbocycles. The quantitative estimate of drug-likeness (QED) is 0.740. The van der Waals surface area contributed by atoms with Gasteiger partial charge < -0.3 is 9.30 Å². The zero-order chi connectivity index (χ0) is 13.1. The second kappa shape index (κ2) is 9.86. The average molecular weight is 237 g/mol. The molecule has 96 valence electrons. The van der Waals surface area contributed by atoms with Crippen molar-refractivity contribution in [1.82, 2.24) is 9.55 Å². The Hall–Kier alpha value is -1.34. The fourth-order valence-electron chi connectivity index (χ4n) is 1.41. The second-order valence-corrected chi connectivity index (χ2v) is 3.70. The van der Waals surface area contributed by atoms with Crippen LogP contribution in [0.15, 0.2) is 6.20 Å². The van der Waals surface area contributed by atoms with E-state index in [0.717, 1.165) is 12.4 Å². The molecule has 0 radical (unpaired) electrons. The predicted molar refractivity (Wildman–Crippen MR) is 68.7 cm³/mol. The number of hydrogen-bond donors (Lipinski definition) is 0. The molecule has 0 aliphatic carbocycles. The Morgan fingerprint density at radius 1 is 1.41 bits per heavy atom. The summed E-state index contributed by atoms with van der Waals surface area (Å²) < 4.78 is 7.09. The third-order valence-corrected chi connectivity index (χ3v) is 2.26. The molecule has 4 nitrogen and oxygen atoms in total. The number of nitriles is 1. The normalized spacial score (nSPS) is 9.35. The Bertz CT molecular complexity index is 319. The fourth-order valence-corrected chi connectivity index (χ4v) is 1.41. The van der Waals surface area contributed by atoms with Crippen LogP contribution in [0.4, 0.5) is 0 Å². The SMILES string of the molecule is CCCn1c(C)cnc1C.CCOCCC#N. The van der Waals surface area contributed by atoms with Gasteiger partial charge in [-0.1, -0.05) is 6.92 Å². The van der Waals surface area contributed by atoms with Crippen LogP contribution in [0.1, 0.15) is 38.2 Å². The first-order valence-corrected chi connectivity index (χ1v) is 6.10. The van der Waals surface area contributed by atoms with Crippen molar-refractivity contribution < 1.29 is 4.74 Å². The summed E-state index contributed by atoms with van der Waals surface area (Å²) in [4.78, 5) is 4.20. The Morgan fingerprint density at radius 2 is 2.12 bits per heavy atom. The topological polar surface area (TPSA) is 50.8 Å². The third-order valence-electron chi connectivity index (χ3n) is 2.26. The van der Waals surface area contributed by atoms with Crippen LogP contribution in [0.2, 0.25) is 0 Å². The first-order valence-electron chi connectivity index (χ1n) is 6.10. The number of rotatable bonds is 5. The lowest BCUT2D eigenvalue weighted by atomic mass is 10.4. The van der Waals surface area contributed by atoms with Crippen molar-refractivity contribution in [2.24, 2.45) is 0 Å². The highest BCUT2D eigenvalue weighted by Crippen LogP contribution is 2.03. The first kappa shape index (κ1) is 15.7.